The molecule has 18 heavy (non-hydrogen) atoms. The monoisotopic (exact) mass is 253 g/mol. The van der Waals surface area contributed by atoms with Crippen LogP contribution in [0.1, 0.15) is 52.9 Å². The van der Waals surface area contributed by atoms with Gasteiger partial charge in [0.1, 0.15) is 0 Å². The number of nitrogens with one attached hydrogen (secondary N) is 1. The van der Waals surface area contributed by atoms with Gasteiger partial charge in [-0.05, 0) is 62.3 Å². The molecule has 4 atom stereocenters. The topological polar surface area (TPSA) is 21.3 Å². The fourth-order valence-electron chi connectivity index (χ4n) is 4.31. The van der Waals surface area contributed by atoms with Crippen LogP contribution in [0.15, 0.2) is 0 Å². The summed E-state index contributed by atoms with van der Waals surface area (Å²) >= 11 is 0. The Balaban J connectivity index is 1.98. The first-order valence-electron chi connectivity index (χ1n) is 8.01. The summed E-state index contributed by atoms with van der Waals surface area (Å²) in [6, 6.07) is 0.695. The van der Waals surface area contributed by atoms with Crippen LogP contribution in [-0.4, -0.2) is 25.8 Å². The number of hydrogen-bond donors (Lipinski definition) is 1. The van der Waals surface area contributed by atoms with E-state index in [0.717, 1.165) is 43.4 Å². The molecule has 106 valence electrons. The summed E-state index contributed by atoms with van der Waals surface area (Å²) in [5, 5.41) is 3.78. The Morgan fingerprint density at radius 3 is 2.39 bits per heavy atom. The Morgan fingerprint density at radius 2 is 1.83 bits per heavy atom. The van der Waals surface area contributed by atoms with Gasteiger partial charge in [0.2, 0.25) is 0 Å². The van der Waals surface area contributed by atoms with Crippen LogP contribution >= 0.6 is 0 Å². The molecule has 0 bridgehead atoms. The van der Waals surface area contributed by atoms with Gasteiger partial charge in [0.25, 0.3) is 0 Å². The maximum absolute atomic E-state index is 5.71. The zero-order valence-electron chi connectivity index (χ0n) is 12.5. The first-order valence-corrected chi connectivity index (χ1v) is 8.01. The van der Waals surface area contributed by atoms with Gasteiger partial charge < -0.3 is 10.1 Å². The Morgan fingerprint density at radius 1 is 1.11 bits per heavy atom. The fraction of sp³-hybridized carbons (Fsp3) is 1.00. The largest absolute Gasteiger partial charge is 0.381 e. The van der Waals surface area contributed by atoms with Gasteiger partial charge in [-0.25, -0.2) is 0 Å². The molecule has 2 aliphatic rings. The average molecular weight is 253 g/mol. The number of ether oxygens (including phenoxy) is 1. The molecule has 2 fully saturated rings. The van der Waals surface area contributed by atoms with Crippen LogP contribution in [0.3, 0.4) is 0 Å². The van der Waals surface area contributed by atoms with Crippen molar-refractivity contribution >= 4 is 0 Å². The maximum Gasteiger partial charge on any atom is 0.0509 e. The van der Waals surface area contributed by atoms with Crippen molar-refractivity contribution in [2.24, 2.45) is 23.7 Å². The summed E-state index contributed by atoms with van der Waals surface area (Å²) in [5.41, 5.74) is 0. The van der Waals surface area contributed by atoms with Crippen molar-refractivity contribution in [2.75, 3.05) is 19.8 Å². The van der Waals surface area contributed by atoms with E-state index in [0.29, 0.717) is 6.04 Å². The average Bonchev–Trinajstić information content (AvgIpc) is 2.36. The van der Waals surface area contributed by atoms with Gasteiger partial charge in [0, 0.05) is 12.6 Å². The third kappa shape index (κ3) is 3.71. The second-order valence-electron chi connectivity index (χ2n) is 6.74. The minimum absolute atomic E-state index is 0.695. The Bertz CT molecular complexity index is 227. The van der Waals surface area contributed by atoms with E-state index in [1.54, 1.807) is 0 Å². The minimum Gasteiger partial charge on any atom is -0.381 e. The molecule has 1 saturated carbocycles. The summed E-state index contributed by atoms with van der Waals surface area (Å²) in [4.78, 5) is 0. The zero-order chi connectivity index (χ0) is 13.0. The van der Waals surface area contributed by atoms with Crippen molar-refractivity contribution in [3.8, 4) is 0 Å². The van der Waals surface area contributed by atoms with Crippen LogP contribution in [0, 0.1) is 23.7 Å². The molecule has 2 nitrogen and oxygen atoms in total. The Kier molecular flexibility index (Phi) is 5.50. The van der Waals surface area contributed by atoms with Crippen LogP contribution in [0.25, 0.3) is 0 Å². The third-order valence-electron chi connectivity index (χ3n) is 4.87. The number of hydrogen-bond acceptors (Lipinski definition) is 2. The fourth-order valence-corrected chi connectivity index (χ4v) is 4.31. The smallest absolute Gasteiger partial charge is 0.0509 e. The molecule has 1 aliphatic carbocycles. The van der Waals surface area contributed by atoms with Crippen molar-refractivity contribution in [1.82, 2.24) is 5.32 Å². The molecule has 4 unspecified atom stereocenters. The van der Waals surface area contributed by atoms with Crippen molar-refractivity contribution in [3.63, 3.8) is 0 Å². The molecule has 0 amide bonds. The molecule has 1 aliphatic heterocycles. The normalized spacial score (nSPS) is 39.5. The van der Waals surface area contributed by atoms with Gasteiger partial charge in [-0.2, -0.15) is 0 Å². The van der Waals surface area contributed by atoms with Crippen LogP contribution in [0.4, 0.5) is 0 Å². The van der Waals surface area contributed by atoms with Crippen molar-refractivity contribution in [1.29, 1.82) is 0 Å². The minimum atomic E-state index is 0.695. The number of rotatable bonds is 4. The molecule has 1 N–H and O–H groups in total. The zero-order valence-corrected chi connectivity index (χ0v) is 12.5. The molecule has 0 aromatic rings. The first-order chi connectivity index (χ1) is 8.70. The predicted octanol–water partition coefficient (Wildman–Crippen LogP) is 3.46. The lowest BCUT2D eigenvalue weighted by Crippen LogP contribution is -2.47. The highest BCUT2D eigenvalue weighted by Gasteiger charge is 2.34. The summed E-state index contributed by atoms with van der Waals surface area (Å²) in [6.45, 7) is 10.2. The van der Waals surface area contributed by atoms with E-state index in [-0.39, 0.29) is 0 Å². The van der Waals surface area contributed by atoms with Gasteiger partial charge in [-0.1, -0.05) is 20.8 Å². The highest BCUT2D eigenvalue weighted by atomic mass is 16.5. The van der Waals surface area contributed by atoms with Crippen LogP contribution in [0.5, 0.6) is 0 Å². The van der Waals surface area contributed by atoms with E-state index in [1.807, 2.05) is 0 Å². The first kappa shape index (κ1) is 14.3. The van der Waals surface area contributed by atoms with Gasteiger partial charge >= 0.3 is 0 Å². The summed E-state index contributed by atoms with van der Waals surface area (Å²) in [6.07, 6.45) is 6.87. The van der Waals surface area contributed by atoms with E-state index in [2.05, 4.69) is 26.1 Å². The van der Waals surface area contributed by atoms with E-state index >= 15 is 0 Å². The lowest BCUT2D eigenvalue weighted by Gasteiger charge is -2.41. The van der Waals surface area contributed by atoms with E-state index in [9.17, 15) is 0 Å². The molecule has 0 spiro atoms. The second-order valence-corrected chi connectivity index (χ2v) is 6.74. The van der Waals surface area contributed by atoms with Gasteiger partial charge in [-0.15, -0.1) is 0 Å². The predicted molar refractivity (Wildman–Crippen MR) is 76.7 cm³/mol. The summed E-state index contributed by atoms with van der Waals surface area (Å²) in [5.74, 6) is 3.44. The lowest BCUT2D eigenvalue weighted by molar-refractivity contribution is 0.0187. The molecule has 2 rings (SSSR count). The highest BCUT2D eigenvalue weighted by Crippen LogP contribution is 2.37. The van der Waals surface area contributed by atoms with E-state index in [4.69, 9.17) is 4.74 Å². The summed E-state index contributed by atoms with van der Waals surface area (Å²) < 4.78 is 5.71. The summed E-state index contributed by atoms with van der Waals surface area (Å²) in [7, 11) is 0. The molecule has 1 saturated heterocycles. The molecule has 2 heteroatoms. The molecular weight excluding hydrogens is 222 g/mol. The Labute approximate surface area is 113 Å². The maximum atomic E-state index is 5.71. The van der Waals surface area contributed by atoms with Gasteiger partial charge in [0.15, 0.2) is 0 Å². The van der Waals surface area contributed by atoms with Crippen LogP contribution < -0.4 is 5.32 Å². The lowest BCUT2D eigenvalue weighted by atomic mass is 9.70. The Hall–Kier alpha value is -0.0800. The van der Waals surface area contributed by atoms with Crippen molar-refractivity contribution in [3.05, 3.63) is 0 Å². The highest BCUT2D eigenvalue weighted by molar-refractivity contribution is 4.88. The van der Waals surface area contributed by atoms with Gasteiger partial charge in [0.05, 0.1) is 6.61 Å². The van der Waals surface area contributed by atoms with Crippen LogP contribution in [-0.2, 0) is 4.74 Å². The molecule has 1 heterocycles. The molecular formula is C16H31NO. The second kappa shape index (κ2) is 6.91. The van der Waals surface area contributed by atoms with E-state index in [1.165, 1.54) is 32.1 Å². The SMILES string of the molecule is CCNC(C1CCCOC1)C1CC(C)CC(C)C1. The molecule has 0 aromatic carbocycles. The third-order valence-corrected chi connectivity index (χ3v) is 4.87. The molecule has 0 radical (unpaired) electrons. The van der Waals surface area contributed by atoms with Crippen molar-refractivity contribution in [2.45, 2.75) is 58.9 Å². The van der Waals surface area contributed by atoms with Gasteiger partial charge in [-0.3, -0.25) is 0 Å². The van der Waals surface area contributed by atoms with Crippen molar-refractivity contribution < 1.29 is 4.74 Å². The quantitative estimate of drug-likeness (QED) is 0.828. The van der Waals surface area contributed by atoms with E-state index < -0.39 is 0 Å². The molecule has 0 aromatic heterocycles. The standard InChI is InChI=1S/C16H31NO/c1-4-17-16(14-6-5-7-18-11-14)15-9-12(2)8-13(3)10-15/h12-17H,4-11H2,1-3H3. The van der Waals surface area contributed by atoms with Crippen LogP contribution in [0.2, 0.25) is 0 Å².